The number of rotatable bonds is 2. The summed E-state index contributed by atoms with van der Waals surface area (Å²) in [5, 5.41) is 17.4. The lowest BCUT2D eigenvalue weighted by Gasteiger charge is -2.20. The maximum absolute atomic E-state index is 12.5. The molecule has 0 aliphatic rings. The van der Waals surface area contributed by atoms with E-state index in [4.69, 9.17) is 10.2 Å². The molecule has 2 atom stereocenters. The first-order valence-corrected chi connectivity index (χ1v) is 3.87. The number of hydrogen-bond acceptors (Lipinski definition) is 2. The zero-order valence-corrected chi connectivity index (χ0v) is 7.86. The van der Waals surface area contributed by atoms with Gasteiger partial charge >= 0.3 is 0 Å². The fourth-order valence-corrected chi connectivity index (χ4v) is 1.04. The van der Waals surface area contributed by atoms with Crippen LogP contribution < -0.4 is 0 Å². The minimum atomic E-state index is -2.09. The van der Waals surface area contributed by atoms with E-state index >= 15 is 0 Å². The summed E-state index contributed by atoms with van der Waals surface area (Å²) in [6, 6.07) is 0. The second-order valence-electron chi connectivity index (χ2n) is 1.73. The molecule has 0 heterocycles. The Hall–Kier alpha value is 0.810. The molecule has 2 N–H and O–H groups in total. The Morgan fingerprint density at radius 3 is 1.78 bits per heavy atom. The summed E-state index contributed by atoms with van der Waals surface area (Å²) < 4.78 is 10.4. The van der Waals surface area contributed by atoms with E-state index in [0.717, 1.165) is 0 Å². The molecule has 0 aliphatic carbocycles. The van der Waals surface area contributed by atoms with Crippen molar-refractivity contribution in [2.24, 2.45) is 0 Å². The van der Waals surface area contributed by atoms with Crippen LogP contribution in [0.3, 0.4) is 0 Å². The number of aliphatic hydroxyl groups is 2. The second kappa shape index (κ2) is 3.27. The molecule has 5 heteroatoms. The summed E-state index contributed by atoms with van der Waals surface area (Å²) in [6.07, 6.45) is -2.56. The quantitative estimate of drug-likeness (QED) is 0.736. The topological polar surface area (TPSA) is 40.5 Å². The summed E-state index contributed by atoms with van der Waals surface area (Å²) in [6.45, 7) is 1.29. The predicted octanol–water partition coefficient (Wildman–Crippen LogP) is 1.14. The zero-order valence-electron chi connectivity index (χ0n) is 4.68. The first kappa shape index (κ1) is 9.81. The highest BCUT2D eigenvalue weighted by Gasteiger charge is 2.35. The van der Waals surface area contributed by atoms with E-state index in [1.165, 1.54) is 6.92 Å². The highest BCUT2D eigenvalue weighted by atomic mass is 79.9. The molecule has 0 aromatic rings. The van der Waals surface area contributed by atoms with Crippen molar-refractivity contribution in [1.82, 2.24) is 0 Å². The Labute approximate surface area is 69.3 Å². The van der Waals surface area contributed by atoms with Gasteiger partial charge in [0.1, 0.15) is 6.10 Å². The van der Waals surface area contributed by atoms with E-state index in [1.54, 1.807) is 0 Å². The molecular formula is C4H7Br2FO2. The van der Waals surface area contributed by atoms with Crippen molar-refractivity contribution >= 4 is 31.9 Å². The maximum atomic E-state index is 12.5. The van der Waals surface area contributed by atoms with Crippen molar-refractivity contribution in [3.05, 3.63) is 0 Å². The van der Waals surface area contributed by atoms with Crippen molar-refractivity contribution in [1.29, 1.82) is 0 Å². The average molecular weight is 266 g/mol. The first-order chi connectivity index (χ1) is 3.85. The van der Waals surface area contributed by atoms with Crippen LogP contribution in [0.1, 0.15) is 6.92 Å². The van der Waals surface area contributed by atoms with Gasteiger partial charge in [-0.1, -0.05) is 0 Å². The summed E-state index contributed by atoms with van der Waals surface area (Å²) in [4.78, 5) is 0. The number of aliphatic hydroxyl groups excluding tert-OH is 2. The van der Waals surface area contributed by atoms with Gasteiger partial charge in [-0.25, -0.2) is 4.39 Å². The van der Waals surface area contributed by atoms with Crippen LogP contribution in [0.15, 0.2) is 0 Å². The van der Waals surface area contributed by atoms with Crippen LogP contribution in [0, 0.1) is 0 Å². The van der Waals surface area contributed by atoms with Crippen molar-refractivity contribution < 1.29 is 14.6 Å². The maximum Gasteiger partial charge on any atom is 0.246 e. The lowest BCUT2D eigenvalue weighted by atomic mass is 10.2. The molecule has 0 saturated heterocycles. The second-order valence-corrected chi connectivity index (χ2v) is 5.10. The fourth-order valence-electron chi connectivity index (χ4n) is 0.273. The average Bonchev–Trinajstić information content (AvgIpc) is 1.62. The van der Waals surface area contributed by atoms with Crippen LogP contribution in [0.2, 0.25) is 0 Å². The van der Waals surface area contributed by atoms with E-state index in [1.807, 2.05) is 0 Å². The molecule has 9 heavy (non-hydrogen) atoms. The van der Waals surface area contributed by atoms with Gasteiger partial charge in [0.2, 0.25) is 3.49 Å². The molecule has 0 spiro atoms. The van der Waals surface area contributed by atoms with Crippen LogP contribution in [-0.4, -0.2) is 25.9 Å². The van der Waals surface area contributed by atoms with Crippen molar-refractivity contribution in [2.75, 3.05) is 0 Å². The van der Waals surface area contributed by atoms with Gasteiger partial charge in [-0.05, 0) is 38.8 Å². The van der Waals surface area contributed by atoms with Crippen molar-refractivity contribution in [3.8, 4) is 0 Å². The van der Waals surface area contributed by atoms with E-state index in [2.05, 4.69) is 31.9 Å². The smallest absolute Gasteiger partial charge is 0.246 e. The molecule has 0 amide bonds. The van der Waals surface area contributed by atoms with Crippen molar-refractivity contribution in [3.63, 3.8) is 0 Å². The van der Waals surface area contributed by atoms with E-state index in [0.29, 0.717) is 0 Å². The third-order valence-corrected chi connectivity index (χ3v) is 1.73. The fraction of sp³-hybridized carbons (Fsp3) is 1.00. The third-order valence-electron chi connectivity index (χ3n) is 0.792. The SMILES string of the molecule is C[C@H](O)[C@H](O)C(F)(Br)Br. The minimum Gasteiger partial charge on any atom is -0.391 e. The summed E-state index contributed by atoms with van der Waals surface area (Å²) in [5.74, 6) is 0. The van der Waals surface area contributed by atoms with Gasteiger partial charge in [0.15, 0.2) is 0 Å². The standard InChI is InChI=1S/C4H7Br2FO2/c1-2(8)3(9)4(5,6)7/h2-3,8-9H,1H3/t2-,3-/m0/s1. The van der Waals surface area contributed by atoms with Crippen LogP contribution in [0.5, 0.6) is 0 Å². The largest absolute Gasteiger partial charge is 0.391 e. The molecule has 0 saturated carbocycles. The first-order valence-electron chi connectivity index (χ1n) is 2.28. The molecule has 0 aliphatic heterocycles. The summed E-state index contributed by atoms with van der Waals surface area (Å²) in [5.41, 5.74) is 0. The van der Waals surface area contributed by atoms with Crippen LogP contribution in [-0.2, 0) is 0 Å². The van der Waals surface area contributed by atoms with Gasteiger partial charge in [-0.3, -0.25) is 0 Å². The Morgan fingerprint density at radius 2 is 1.78 bits per heavy atom. The number of alkyl halides is 3. The normalized spacial score (nSPS) is 19.3. The Balaban J connectivity index is 3.88. The Kier molecular flexibility index (Phi) is 3.57. The third kappa shape index (κ3) is 3.50. The van der Waals surface area contributed by atoms with E-state index in [9.17, 15) is 4.39 Å². The lowest BCUT2D eigenvalue weighted by molar-refractivity contribution is 0.000539. The molecule has 0 aromatic carbocycles. The lowest BCUT2D eigenvalue weighted by Crippen LogP contribution is -2.35. The van der Waals surface area contributed by atoms with Crippen molar-refractivity contribution in [2.45, 2.75) is 22.6 Å². The highest BCUT2D eigenvalue weighted by Crippen LogP contribution is 2.33. The van der Waals surface area contributed by atoms with Gasteiger partial charge < -0.3 is 10.2 Å². The predicted molar refractivity (Wildman–Crippen MR) is 39.4 cm³/mol. The van der Waals surface area contributed by atoms with Gasteiger partial charge in [0.25, 0.3) is 0 Å². The molecule has 56 valence electrons. The molecule has 0 fully saturated rings. The monoisotopic (exact) mass is 264 g/mol. The van der Waals surface area contributed by atoms with Crippen LogP contribution in [0.25, 0.3) is 0 Å². The van der Waals surface area contributed by atoms with Gasteiger partial charge in [-0.15, -0.1) is 0 Å². The van der Waals surface area contributed by atoms with Gasteiger partial charge in [0, 0.05) is 0 Å². The van der Waals surface area contributed by atoms with E-state index < -0.39 is 15.7 Å². The molecule has 0 bridgehead atoms. The molecule has 0 rings (SSSR count). The van der Waals surface area contributed by atoms with Gasteiger partial charge in [0.05, 0.1) is 6.10 Å². The summed E-state index contributed by atoms with van der Waals surface area (Å²) >= 11 is 4.97. The molecule has 0 radical (unpaired) electrons. The molecular weight excluding hydrogens is 259 g/mol. The molecule has 0 unspecified atom stereocenters. The number of halogens is 3. The Morgan fingerprint density at radius 1 is 1.44 bits per heavy atom. The summed E-state index contributed by atoms with van der Waals surface area (Å²) in [7, 11) is 0. The van der Waals surface area contributed by atoms with Crippen LogP contribution >= 0.6 is 31.9 Å². The van der Waals surface area contributed by atoms with E-state index in [-0.39, 0.29) is 0 Å². The Bertz CT molecular complexity index is 91.1. The highest BCUT2D eigenvalue weighted by molar-refractivity contribution is 9.25. The van der Waals surface area contributed by atoms with Crippen LogP contribution in [0.4, 0.5) is 4.39 Å². The molecule has 2 nitrogen and oxygen atoms in total. The zero-order chi connectivity index (χ0) is 7.65. The minimum absolute atomic E-state index is 1.10. The van der Waals surface area contributed by atoms with Gasteiger partial charge in [-0.2, -0.15) is 0 Å². The number of hydrogen-bond donors (Lipinski definition) is 2. The molecule has 0 aromatic heterocycles.